The topological polar surface area (TPSA) is 73.6 Å². The number of halogens is 2. The van der Waals surface area contributed by atoms with Gasteiger partial charge in [0.05, 0.1) is 18.9 Å². The van der Waals surface area contributed by atoms with E-state index < -0.39 is 0 Å². The highest BCUT2D eigenvalue weighted by Gasteiger charge is 2.06. The first kappa shape index (κ1) is 12.9. The summed E-state index contributed by atoms with van der Waals surface area (Å²) in [7, 11) is 1.56. The predicted molar refractivity (Wildman–Crippen MR) is 69.5 cm³/mol. The number of nitrogens with zero attached hydrogens (tertiary/aromatic N) is 1. The number of nitrogens with two attached hydrogens (primary N) is 2. The Balaban J connectivity index is 3.13. The summed E-state index contributed by atoms with van der Waals surface area (Å²) in [6, 6.07) is 5.43. The Morgan fingerprint density at radius 1 is 1.50 bits per heavy atom. The van der Waals surface area contributed by atoms with Crippen LogP contribution in [0.2, 0.25) is 0 Å². The number of ether oxygens (including phenoxy) is 1. The second kappa shape index (κ2) is 5.77. The van der Waals surface area contributed by atoms with Crippen LogP contribution < -0.4 is 16.2 Å². The number of hydrogen-bond donors (Lipinski definition) is 2. The van der Waals surface area contributed by atoms with Gasteiger partial charge >= 0.3 is 0 Å². The Labute approximate surface area is 107 Å². The highest BCUT2D eigenvalue weighted by molar-refractivity contribution is 9.10. The monoisotopic (exact) mass is 303 g/mol. The first-order valence-corrected chi connectivity index (χ1v) is 5.50. The first-order valence-electron chi connectivity index (χ1n) is 4.33. The molecular formula is C10H11BrClN3O. The predicted octanol–water partition coefficient (Wildman–Crippen LogP) is 2.16. The molecule has 0 aliphatic heterocycles. The third-order valence-electron chi connectivity index (χ3n) is 1.77. The zero-order chi connectivity index (χ0) is 12.1. The molecular weight excluding hydrogens is 293 g/mol. The fourth-order valence-corrected chi connectivity index (χ4v) is 1.47. The standard InChI is InChI=1S/C10H11BrClN3O/c1-16-8-4-6(11)2-3-7(8)10(14)15-5-9(12)13/h2-5H,13H2,1H3,(H2,14,15)/b9-5-. The van der Waals surface area contributed by atoms with E-state index in [2.05, 4.69) is 20.9 Å². The summed E-state index contributed by atoms with van der Waals surface area (Å²) in [5.41, 5.74) is 11.7. The molecule has 0 saturated heterocycles. The van der Waals surface area contributed by atoms with Crippen molar-refractivity contribution >= 4 is 33.4 Å². The van der Waals surface area contributed by atoms with Crippen molar-refractivity contribution < 1.29 is 4.74 Å². The Hall–Kier alpha value is -1.20. The molecule has 1 aromatic rings. The second-order valence-electron chi connectivity index (χ2n) is 2.87. The van der Waals surface area contributed by atoms with E-state index in [1.54, 1.807) is 19.2 Å². The minimum Gasteiger partial charge on any atom is -0.496 e. The molecule has 6 heteroatoms. The molecule has 0 unspecified atom stereocenters. The molecule has 0 aliphatic rings. The number of benzene rings is 1. The van der Waals surface area contributed by atoms with E-state index in [4.69, 9.17) is 27.8 Å². The van der Waals surface area contributed by atoms with Crippen LogP contribution >= 0.6 is 27.5 Å². The van der Waals surface area contributed by atoms with Crippen LogP contribution in [0.3, 0.4) is 0 Å². The van der Waals surface area contributed by atoms with Gasteiger partial charge in [0.15, 0.2) is 0 Å². The molecule has 0 aromatic heterocycles. The van der Waals surface area contributed by atoms with Crippen molar-refractivity contribution in [1.82, 2.24) is 0 Å². The maximum atomic E-state index is 5.77. The molecule has 0 amide bonds. The van der Waals surface area contributed by atoms with Crippen LogP contribution in [0, 0.1) is 0 Å². The number of methoxy groups -OCH3 is 1. The van der Waals surface area contributed by atoms with Gasteiger partial charge in [0.2, 0.25) is 0 Å². The Morgan fingerprint density at radius 2 is 2.19 bits per heavy atom. The van der Waals surface area contributed by atoms with E-state index in [1.165, 1.54) is 6.20 Å². The molecule has 1 aromatic carbocycles. The molecule has 0 aliphatic carbocycles. The summed E-state index contributed by atoms with van der Waals surface area (Å²) in [6.45, 7) is 0. The highest BCUT2D eigenvalue weighted by atomic mass is 79.9. The molecule has 0 heterocycles. The van der Waals surface area contributed by atoms with Gasteiger partial charge in [-0.2, -0.15) is 0 Å². The largest absolute Gasteiger partial charge is 0.496 e. The van der Waals surface area contributed by atoms with Gasteiger partial charge in [-0.15, -0.1) is 0 Å². The van der Waals surface area contributed by atoms with Crippen LogP contribution in [-0.2, 0) is 0 Å². The summed E-state index contributed by atoms with van der Waals surface area (Å²) in [5, 5.41) is 0.0685. The molecule has 16 heavy (non-hydrogen) atoms. The molecule has 0 fully saturated rings. The van der Waals surface area contributed by atoms with E-state index in [9.17, 15) is 0 Å². The van der Waals surface area contributed by atoms with E-state index in [1.807, 2.05) is 6.07 Å². The van der Waals surface area contributed by atoms with Gasteiger partial charge in [-0.25, -0.2) is 4.99 Å². The summed E-state index contributed by atoms with van der Waals surface area (Å²) >= 11 is 8.78. The van der Waals surface area contributed by atoms with Crippen molar-refractivity contribution in [3.63, 3.8) is 0 Å². The molecule has 4 nitrogen and oxygen atoms in total. The van der Waals surface area contributed by atoms with Crippen LogP contribution in [0.15, 0.2) is 39.0 Å². The SMILES string of the molecule is COc1cc(Br)ccc1C(N)=N/C=C(\N)Cl. The van der Waals surface area contributed by atoms with Crippen molar-refractivity contribution in [2.75, 3.05) is 7.11 Å². The van der Waals surface area contributed by atoms with Crippen LogP contribution in [-0.4, -0.2) is 12.9 Å². The minimum absolute atomic E-state index is 0.0685. The third kappa shape index (κ3) is 3.43. The van der Waals surface area contributed by atoms with E-state index in [0.29, 0.717) is 11.3 Å². The maximum Gasteiger partial charge on any atom is 0.134 e. The van der Waals surface area contributed by atoms with Crippen molar-refractivity contribution in [3.05, 3.63) is 39.6 Å². The average Bonchev–Trinajstić information content (AvgIpc) is 2.25. The Bertz CT molecular complexity index is 442. The summed E-state index contributed by atoms with van der Waals surface area (Å²) in [5.74, 6) is 0.908. The van der Waals surface area contributed by atoms with Crippen LogP contribution in [0.5, 0.6) is 5.75 Å². The van der Waals surface area contributed by atoms with Gasteiger partial charge in [0.25, 0.3) is 0 Å². The minimum atomic E-state index is 0.0685. The lowest BCUT2D eigenvalue weighted by atomic mass is 10.2. The quantitative estimate of drug-likeness (QED) is 0.510. The lowest BCUT2D eigenvalue weighted by Gasteiger charge is -2.07. The summed E-state index contributed by atoms with van der Waals surface area (Å²) in [4.78, 5) is 3.91. The summed E-state index contributed by atoms with van der Waals surface area (Å²) < 4.78 is 6.07. The fraction of sp³-hybridized carbons (Fsp3) is 0.100. The van der Waals surface area contributed by atoms with Gasteiger partial charge in [-0.05, 0) is 18.2 Å². The van der Waals surface area contributed by atoms with E-state index in [0.717, 1.165) is 4.47 Å². The second-order valence-corrected chi connectivity index (χ2v) is 4.23. The normalized spacial score (nSPS) is 12.7. The average molecular weight is 305 g/mol. The molecule has 0 radical (unpaired) electrons. The van der Waals surface area contributed by atoms with Crippen molar-refractivity contribution in [2.45, 2.75) is 0 Å². The Morgan fingerprint density at radius 3 is 2.75 bits per heavy atom. The molecule has 0 spiro atoms. The molecule has 0 atom stereocenters. The van der Waals surface area contributed by atoms with Crippen molar-refractivity contribution in [3.8, 4) is 5.75 Å². The zero-order valence-electron chi connectivity index (χ0n) is 8.58. The van der Waals surface area contributed by atoms with E-state index >= 15 is 0 Å². The number of rotatable bonds is 3. The lowest BCUT2D eigenvalue weighted by molar-refractivity contribution is 0.413. The third-order valence-corrected chi connectivity index (χ3v) is 2.36. The van der Waals surface area contributed by atoms with Gasteiger partial charge in [-0.1, -0.05) is 27.5 Å². The van der Waals surface area contributed by atoms with Crippen LogP contribution in [0.1, 0.15) is 5.56 Å². The van der Waals surface area contributed by atoms with Gasteiger partial charge in [0, 0.05) is 4.47 Å². The molecule has 4 N–H and O–H groups in total. The van der Waals surface area contributed by atoms with Crippen molar-refractivity contribution in [1.29, 1.82) is 0 Å². The van der Waals surface area contributed by atoms with Crippen LogP contribution in [0.4, 0.5) is 0 Å². The van der Waals surface area contributed by atoms with Gasteiger partial charge in [0.1, 0.15) is 16.7 Å². The van der Waals surface area contributed by atoms with Gasteiger partial charge in [-0.3, -0.25) is 0 Å². The first-order chi connectivity index (χ1) is 7.54. The number of aliphatic imine (C=N–C) groups is 1. The maximum absolute atomic E-state index is 5.77. The Kier molecular flexibility index (Phi) is 4.64. The van der Waals surface area contributed by atoms with Crippen molar-refractivity contribution in [2.24, 2.45) is 16.5 Å². The lowest BCUT2D eigenvalue weighted by Crippen LogP contribution is -2.14. The summed E-state index contributed by atoms with van der Waals surface area (Å²) in [6.07, 6.45) is 1.28. The van der Waals surface area contributed by atoms with E-state index in [-0.39, 0.29) is 11.0 Å². The molecule has 0 saturated carbocycles. The number of amidine groups is 1. The molecule has 1 rings (SSSR count). The zero-order valence-corrected chi connectivity index (χ0v) is 10.9. The van der Waals surface area contributed by atoms with Gasteiger partial charge < -0.3 is 16.2 Å². The smallest absolute Gasteiger partial charge is 0.134 e. The van der Waals surface area contributed by atoms with Crippen LogP contribution in [0.25, 0.3) is 0 Å². The fourth-order valence-electron chi connectivity index (χ4n) is 1.08. The highest BCUT2D eigenvalue weighted by Crippen LogP contribution is 2.23. The molecule has 86 valence electrons. The number of hydrogen-bond acceptors (Lipinski definition) is 3. The molecule has 0 bridgehead atoms.